The number of hydrogen-bond donors (Lipinski definition) is 1. The summed E-state index contributed by atoms with van der Waals surface area (Å²) in [7, 11) is -3.98. The minimum Gasteiger partial charge on any atom is -0.311 e. The van der Waals surface area contributed by atoms with Crippen molar-refractivity contribution in [3.05, 3.63) is 46.7 Å². The quantitative estimate of drug-likeness (QED) is 0.780. The Bertz CT molecular complexity index is 950. The maximum atomic E-state index is 13.9. The van der Waals surface area contributed by atoms with E-state index in [9.17, 15) is 17.6 Å². The first-order valence-electron chi connectivity index (χ1n) is 7.31. The van der Waals surface area contributed by atoms with Crippen molar-refractivity contribution in [1.82, 2.24) is 0 Å². The van der Waals surface area contributed by atoms with Crippen molar-refractivity contribution in [3.8, 4) is 0 Å². The molecule has 9 heteroatoms. The molecule has 0 unspecified atom stereocenters. The summed E-state index contributed by atoms with van der Waals surface area (Å²) in [6.07, 6.45) is 0. The number of fused-ring (bicyclic) bond motifs is 1. The molecule has 1 heterocycles. The Morgan fingerprint density at radius 1 is 1.28 bits per heavy atom. The van der Waals surface area contributed by atoms with Crippen LogP contribution in [-0.2, 0) is 14.8 Å². The lowest BCUT2D eigenvalue weighted by molar-refractivity contribution is -0.116. The highest BCUT2D eigenvalue weighted by molar-refractivity contribution is 9.10. The van der Waals surface area contributed by atoms with E-state index in [-0.39, 0.29) is 16.5 Å². The molecule has 1 amide bonds. The van der Waals surface area contributed by atoms with Crippen LogP contribution in [0.5, 0.6) is 0 Å². The third-order valence-electron chi connectivity index (χ3n) is 3.66. The van der Waals surface area contributed by atoms with Crippen LogP contribution >= 0.6 is 27.7 Å². The van der Waals surface area contributed by atoms with Gasteiger partial charge in [0, 0.05) is 28.6 Å². The van der Waals surface area contributed by atoms with Gasteiger partial charge in [0.25, 0.3) is 10.0 Å². The van der Waals surface area contributed by atoms with E-state index >= 15 is 0 Å². The van der Waals surface area contributed by atoms with Gasteiger partial charge in [-0.3, -0.25) is 9.52 Å². The summed E-state index contributed by atoms with van der Waals surface area (Å²) in [5, 5.41) is 0. The van der Waals surface area contributed by atoms with Crippen LogP contribution in [0, 0.1) is 5.82 Å². The molecular formula is C16H14BrFN2O3S2. The maximum Gasteiger partial charge on any atom is 0.262 e. The smallest absolute Gasteiger partial charge is 0.262 e. The number of carbonyl (C=O) groups is 1. The average Bonchev–Trinajstić information content (AvgIpc) is 2.56. The van der Waals surface area contributed by atoms with Gasteiger partial charge in [-0.25, -0.2) is 12.8 Å². The molecule has 5 nitrogen and oxygen atoms in total. The molecule has 0 saturated carbocycles. The summed E-state index contributed by atoms with van der Waals surface area (Å²) in [6, 6.07) is 8.63. The SMILES string of the molecule is CC(=O)N1CCSc2ccc(S(=O)(=O)Nc3ccc(Br)cc3F)cc21. The van der Waals surface area contributed by atoms with Crippen LogP contribution in [0.25, 0.3) is 0 Å². The minimum atomic E-state index is -3.98. The number of halogens is 2. The normalized spacial score (nSPS) is 14.1. The van der Waals surface area contributed by atoms with E-state index in [4.69, 9.17) is 0 Å². The van der Waals surface area contributed by atoms with E-state index < -0.39 is 15.8 Å². The van der Waals surface area contributed by atoms with Crippen LogP contribution in [0.4, 0.5) is 15.8 Å². The molecule has 25 heavy (non-hydrogen) atoms. The maximum absolute atomic E-state index is 13.9. The fraction of sp³-hybridized carbons (Fsp3) is 0.188. The highest BCUT2D eigenvalue weighted by Gasteiger charge is 2.24. The Morgan fingerprint density at radius 3 is 2.72 bits per heavy atom. The van der Waals surface area contributed by atoms with E-state index in [1.54, 1.807) is 28.8 Å². The molecule has 1 N–H and O–H groups in total. The molecule has 132 valence electrons. The van der Waals surface area contributed by atoms with Crippen molar-refractivity contribution in [2.75, 3.05) is 21.9 Å². The van der Waals surface area contributed by atoms with Gasteiger partial charge in [0.2, 0.25) is 5.91 Å². The Morgan fingerprint density at radius 2 is 2.04 bits per heavy atom. The predicted molar refractivity (Wildman–Crippen MR) is 100 cm³/mol. The third-order valence-corrected chi connectivity index (χ3v) is 6.56. The van der Waals surface area contributed by atoms with Gasteiger partial charge in [0.05, 0.1) is 16.3 Å². The van der Waals surface area contributed by atoms with Crippen LogP contribution < -0.4 is 9.62 Å². The topological polar surface area (TPSA) is 66.5 Å². The van der Waals surface area contributed by atoms with E-state index in [1.165, 1.54) is 31.2 Å². The van der Waals surface area contributed by atoms with Gasteiger partial charge in [-0.05, 0) is 36.4 Å². The van der Waals surface area contributed by atoms with Crippen LogP contribution in [0.15, 0.2) is 50.7 Å². The number of nitrogens with one attached hydrogen (secondary N) is 1. The van der Waals surface area contributed by atoms with Crippen molar-refractivity contribution >= 4 is 55.0 Å². The molecule has 1 aliphatic heterocycles. The Kier molecular flexibility index (Phi) is 5.08. The summed E-state index contributed by atoms with van der Waals surface area (Å²) in [6.45, 7) is 1.96. The Hall–Kier alpha value is -1.58. The number of amides is 1. The summed E-state index contributed by atoms with van der Waals surface area (Å²) >= 11 is 4.69. The fourth-order valence-electron chi connectivity index (χ4n) is 2.47. The highest BCUT2D eigenvalue weighted by Crippen LogP contribution is 2.36. The molecule has 0 fully saturated rings. The van der Waals surface area contributed by atoms with Crippen molar-refractivity contribution < 1.29 is 17.6 Å². The van der Waals surface area contributed by atoms with Gasteiger partial charge >= 0.3 is 0 Å². The average molecular weight is 445 g/mol. The van der Waals surface area contributed by atoms with Crippen molar-refractivity contribution in [1.29, 1.82) is 0 Å². The van der Waals surface area contributed by atoms with E-state index in [0.29, 0.717) is 16.7 Å². The molecule has 2 aromatic rings. The molecule has 0 saturated heterocycles. The highest BCUT2D eigenvalue weighted by atomic mass is 79.9. The summed E-state index contributed by atoms with van der Waals surface area (Å²) in [5.74, 6) is -0.0825. The van der Waals surface area contributed by atoms with Crippen molar-refractivity contribution in [2.24, 2.45) is 0 Å². The first-order valence-corrected chi connectivity index (χ1v) is 10.6. The summed E-state index contributed by atoms with van der Waals surface area (Å²) in [4.78, 5) is 14.2. The zero-order valence-electron chi connectivity index (χ0n) is 13.1. The third kappa shape index (κ3) is 3.83. The van der Waals surface area contributed by atoms with Gasteiger partial charge < -0.3 is 4.90 Å². The molecule has 0 aliphatic carbocycles. The second-order valence-corrected chi connectivity index (χ2v) is 9.11. The number of hydrogen-bond acceptors (Lipinski definition) is 4. The van der Waals surface area contributed by atoms with Crippen molar-refractivity contribution in [3.63, 3.8) is 0 Å². The number of nitrogens with zero attached hydrogens (tertiary/aromatic N) is 1. The first kappa shape index (κ1) is 18.2. The molecule has 0 bridgehead atoms. The van der Waals surface area contributed by atoms with Gasteiger partial charge in [-0.15, -0.1) is 11.8 Å². The Labute approximate surface area is 157 Å². The van der Waals surface area contributed by atoms with Crippen molar-refractivity contribution in [2.45, 2.75) is 16.7 Å². The van der Waals surface area contributed by atoms with E-state index in [0.717, 1.165) is 10.6 Å². The molecular weight excluding hydrogens is 431 g/mol. The lowest BCUT2D eigenvalue weighted by Crippen LogP contribution is -2.33. The molecule has 3 rings (SSSR count). The summed E-state index contributed by atoms with van der Waals surface area (Å²) in [5.41, 5.74) is 0.418. The monoisotopic (exact) mass is 444 g/mol. The minimum absolute atomic E-state index is 0.0256. The van der Waals surface area contributed by atoms with Crippen LogP contribution in [-0.4, -0.2) is 26.6 Å². The van der Waals surface area contributed by atoms with Crippen LogP contribution in [0.2, 0.25) is 0 Å². The molecule has 0 atom stereocenters. The number of benzene rings is 2. The number of rotatable bonds is 3. The first-order chi connectivity index (χ1) is 11.8. The zero-order valence-corrected chi connectivity index (χ0v) is 16.3. The van der Waals surface area contributed by atoms with Gasteiger partial charge in [-0.2, -0.15) is 0 Å². The standard InChI is InChI=1S/C16H14BrFN2O3S2/c1-10(21)20-6-7-24-16-5-3-12(9-15(16)20)25(22,23)19-14-4-2-11(17)8-13(14)18/h2-5,8-9,19H,6-7H2,1H3. The molecule has 0 radical (unpaired) electrons. The largest absolute Gasteiger partial charge is 0.311 e. The van der Waals surface area contributed by atoms with Gasteiger partial charge in [0.15, 0.2) is 0 Å². The molecule has 0 aromatic heterocycles. The van der Waals surface area contributed by atoms with E-state index in [2.05, 4.69) is 20.7 Å². The lowest BCUT2D eigenvalue weighted by atomic mass is 10.2. The van der Waals surface area contributed by atoms with Gasteiger partial charge in [0.1, 0.15) is 5.82 Å². The Balaban J connectivity index is 1.98. The van der Waals surface area contributed by atoms with Crippen LogP contribution in [0.1, 0.15) is 6.92 Å². The number of sulfonamides is 1. The van der Waals surface area contributed by atoms with E-state index in [1.807, 2.05) is 0 Å². The number of anilines is 2. The summed E-state index contributed by atoms with van der Waals surface area (Å²) < 4.78 is 41.9. The zero-order chi connectivity index (χ0) is 18.2. The second kappa shape index (κ2) is 6.97. The van der Waals surface area contributed by atoms with Crippen LogP contribution in [0.3, 0.4) is 0 Å². The lowest BCUT2D eigenvalue weighted by Gasteiger charge is -2.28. The second-order valence-electron chi connectivity index (χ2n) is 5.38. The molecule has 2 aromatic carbocycles. The number of thioether (sulfide) groups is 1. The molecule has 0 spiro atoms. The number of carbonyl (C=O) groups excluding carboxylic acids is 1. The van der Waals surface area contributed by atoms with Gasteiger partial charge in [-0.1, -0.05) is 15.9 Å². The molecule has 1 aliphatic rings. The fourth-order valence-corrected chi connectivity index (χ4v) is 4.86. The predicted octanol–water partition coefficient (Wildman–Crippen LogP) is 3.85.